The summed E-state index contributed by atoms with van der Waals surface area (Å²) >= 11 is 0. The van der Waals surface area contributed by atoms with Crippen molar-refractivity contribution in [1.82, 2.24) is 4.31 Å². The molecule has 2 aromatic carbocycles. The van der Waals surface area contributed by atoms with Gasteiger partial charge in [0, 0.05) is 5.56 Å². The van der Waals surface area contributed by atoms with Gasteiger partial charge in [-0.2, -0.15) is 8.42 Å². The molecule has 0 saturated carbocycles. The molecule has 2 aromatic rings. The average Bonchev–Trinajstić information content (AvgIpc) is 3.04. The largest absolute Gasteiger partial charge is 0.465 e. The summed E-state index contributed by atoms with van der Waals surface area (Å²) in [5.41, 5.74) is 2.83. The monoisotopic (exact) mass is 385 g/mol. The molecule has 27 heavy (non-hydrogen) atoms. The maximum Gasteiger partial charge on any atom is 0.410 e. The van der Waals surface area contributed by atoms with E-state index in [4.69, 9.17) is 8.92 Å². The van der Waals surface area contributed by atoms with Gasteiger partial charge in [0.25, 0.3) is 0 Å². The normalized spacial score (nSPS) is 22.3. The number of benzene rings is 2. The van der Waals surface area contributed by atoms with Crippen LogP contribution in [0.1, 0.15) is 29.7 Å². The first kappa shape index (κ1) is 17.6. The first-order chi connectivity index (χ1) is 12.9. The molecular formula is C20H19NO5S. The van der Waals surface area contributed by atoms with Crippen LogP contribution in [0.3, 0.4) is 0 Å². The van der Waals surface area contributed by atoms with Crippen molar-refractivity contribution in [3.05, 3.63) is 71.3 Å². The number of nitrogens with zero attached hydrogens (tertiary/aromatic N) is 1. The number of para-hydroxylation sites is 1. The third-order valence-corrected chi connectivity index (χ3v) is 6.04. The zero-order valence-electron chi connectivity index (χ0n) is 15.0. The molecule has 2 heterocycles. The summed E-state index contributed by atoms with van der Waals surface area (Å²) in [6, 6.07) is 13.6. The van der Waals surface area contributed by atoms with Gasteiger partial charge in [0.2, 0.25) is 0 Å². The number of carbonyl (C=O) groups is 1. The molecule has 0 N–H and O–H groups in total. The van der Waals surface area contributed by atoms with E-state index in [1.54, 1.807) is 37.3 Å². The second kappa shape index (κ2) is 6.42. The van der Waals surface area contributed by atoms with Crippen molar-refractivity contribution in [2.45, 2.75) is 19.9 Å². The lowest BCUT2D eigenvalue weighted by Gasteiger charge is -2.34. The van der Waals surface area contributed by atoms with Crippen LogP contribution in [-0.4, -0.2) is 25.3 Å². The van der Waals surface area contributed by atoms with Gasteiger partial charge in [-0.25, -0.2) is 4.31 Å². The van der Waals surface area contributed by atoms with E-state index in [0.717, 1.165) is 5.56 Å². The fraction of sp³-hybridized carbons (Fsp3) is 0.250. The minimum Gasteiger partial charge on any atom is -0.465 e. The Hall–Kier alpha value is -2.80. The quantitative estimate of drug-likeness (QED) is 0.759. The summed E-state index contributed by atoms with van der Waals surface area (Å²) in [4.78, 5) is 12.6. The molecule has 4 rings (SSSR count). The van der Waals surface area contributed by atoms with Crippen molar-refractivity contribution < 1.29 is 22.1 Å². The van der Waals surface area contributed by atoms with Crippen molar-refractivity contribution in [2.24, 2.45) is 5.92 Å². The van der Waals surface area contributed by atoms with E-state index in [9.17, 15) is 13.2 Å². The van der Waals surface area contributed by atoms with Gasteiger partial charge in [0.15, 0.2) is 5.75 Å². The molecule has 0 amide bonds. The molecule has 0 bridgehead atoms. The fourth-order valence-electron chi connectivity index (χ4n) is 3.54. The number of hydrogen-bond acceptors (Lipinski definition) is 5. The summed E-state index contributed by atoms with van der Waals surface area (Å²) < 4.78 is 37.5. The van der Waals surface area contributed by atoms with Crippen LogP contribution in [0.5, 0.6) is 5.75 Å². The first-order valence-electron chi connectivity index (χ1n) is 8.70. The molecule has 0 spiro atoms. The highest BCUT2D eigenvalue weighted by Crippen LogP contribution is 2.50. The summed E-state index contributed by atoms with van der Waals surface area (Å²) in [5.74, 6) is -0.961. The van der Waals surface area contributed by atoms with E-state index < -0.39 is 28.2 Å². The zero-order valence-corrected chi connectivity index (χ0v) is 15.8. The highest BCUT2D eigenvalue weighted by Gasteiger charge is 2.50. The van der Waals surface area contributed by atoms with Gasteiger partial charge in [-0.15, -0.1) is 0 Å². The van der Waals surface area contributed by atoms with E-state index in [0.29, 0.717) is 16.8 Å². The van der Waals surface area contributed by atoms with Crippen LogP contribution in [-0.2, 0) is 19.8 Å². The molecule has 0 aliphatic carbocycles. The fourth-order valence-corrected chi connectivity index (χ4v) is 4.93. The third kappa shape index (κ3) is 2.88. The van der Waals surface area contributed by atoms with Gasteiger partial charge in [-0.05, 0) is 37.6 Å². The molecule has 2 atom stereocenters. The average molecular weight is 385 g/mol. The Balaban J connectivity index is 1.90. The van der Waals surface area contributed by atoms with Crippen LogP contribution in [0.25, 0.3) is 5.70 Å². The lowest BCUT2D eigenvalue weighted by Crippen LogP contribution is -2.39. The minimum atomic E-state index is -4.11. The molecule has 0 unspecified atom stereocenters. The maximum atomic E-state index is 12.9. The molecule has 7 heteroatoms. The van der Waals surface area contributed by atoms with Gasteiger partial charge in [-0.1, -0.05) is 42.0 Å². The van der Waals surface area contributed by atoms with E-state index in [2.05, 4.69) is 0 Å². The van der Waals surface area contributed by atoms with E-state index in [1.807, 2.05) is 31.2 Å². The first-order valence-corrected chi connectivity index (χ1v) is 10.1. The summed E-state index contributed by atoms with van der Waals surface area (Å²) in [6.07, 6.45) is 1.67. The number of rotatable bonds is 3. The van der Waals surface area contributed by atoms with Gasteiger partial charge in [-0.3, -0.25) is 4.79 Å². The van der Waals surface area contributed by atoms with E-state index in [1.165, 1.54) is 4.31 Å². The van der Waals surface area contributed by atoms with Gasteiger partial charge < -0.3 is 8.92 Å². The van der Waals surface area contributed by atoms with Crippen LogP contribution >= 0.6 is 0 Å². The number of aryl methyl sites for hydroxylation is 1. The Morgan fingerprint density at radius 3 is 2.56 bits per heavy atom. The summed E-state index contributed by atoms with van der Waals surface area (Å²) in [5, 5.41) is 0. The van der Waals surface area contributed by atoms with Crippen LogP contribution in [0, 0.1) is 12.8 Å². The van der Waals surface area contributed by atoms with Crippen molar-refractivity contribution in [3.63, 3.8) is 0 Å². The van der Waals surface area contributed by atoms with Crippen LogP contribution < -0.4 is 4.18 Å². The Labute approximate surface area is 158 Å². The molecule has 0 radical (unpaired) electrons. The lowest BCUT2D eigenvalue weighted by atomic mass is 9.94. The van der Waals surface area contributed by atoms with Crippen molar-refractivity contribution >= 4 is 22.0 Å². The number of carbonyl (C=O) groups excluding carboxylic acids is 1. The number of fused-ring (bicyclic) bond motifs is 3. The third-order valence-electron chi connectivity index (χ3n) is 4.74. The Bertz CT molecular complexity index is 1030. The van der Waals surface area contributed by atoms with Crippen molar-refractivity contribution in [3.8, 4) is 5.75 Å². The van der Waals surface area contributed by atoms with Crippen LogP contribution in [0.15, 0.2) is 54.6 Å². The highest BCUT2D eigenvalue weighted by molar-refractivity contribution is 7.85. The molecule has 0 saturated heterocycles. The zero-order chi connectivity index (χ0) is 19.2. The Kier molecular flexibility index (Phi) is 4.19. The van der Waals surface area contributed by atoms with Crippen LogP contribution in [0.4, 0.5) is 0 Å². The minimum absolute atomic E-state index is 0.221. The standard InChI is InChI=1S/C20H19NO5S/c1-3-25-20(22)16-12-17-15-6-4-5-7-18(15)26-27(23,24)21(17)19(16)14-10-8-13(2)9-11-14/h4-12,16,19H,3H2,1-2H3/t16-,19+/m1/s1. The number of hydrogen-bond donors (Lipinski definition) is 0. The highest BCUT2D eigenvalue weighted by atomic mass is 32.2. The van der Waals surface area contributed by atoms with E-state index in [-0.39, 0.29) is 12.4 Å². The molecule has 0 aromatic heterocycles. The van der Waals surface area contributed by atoms with Crippen molar-refractivity contribution in [2.75, 3.05) is 6.61 Å². The number of esters is 1. The van der Waals surface area contributed by atoms with E-state index >= 15 is 0 Å². The smallest absolute Gasteiger partial charge is 0.410 e. The topological polar surface area (TPSA) is 72.9 Å². The Morgan fingerprint density at radius 1 is 1.15 bits per heavy atom. The maximum absolute atomic E-state index is 12.9. The summed E-state index contributed by atoms with van der Waals surface area (Å²) in [7, 11) is -4.11. The molecule has 6 nitrogen and oxygen atoms in total. The molecule has 140 valence electrons. The molecule has 0 fully saturated rings. The second-order valence-electron chi connectivity index (χ2n) is 6.52. The predicted octanol–water partition coefficient (Wildman–Crippen LogP) is 3.21. The summed E-state index contributed by atoms with van der Waals surface area (Å²) in [6.45, 7) is 3.89. The van der Waals surface area contributed by atoms with Gasteiger partial charge in [0.05, 0.1) is 18.3 Å². The molecule has 2 aliphatic rings. The lowest BCUT2D eigenvalue weighted by molar-refractivity contribution is -0.147. The molecular weight excluding hydrogens is 366 g/mol. The predicted molar refractivity (Wildman–Crippen MR) is 99.8 cm³/mol. The Morgan fingerprint density at radius 2 is 1.85 bits per heavy atom. The van der Waals surface area contributed by atoms with Crippen molar-refractivity contribution in [1.29, 1.82) is 0 Å². The SMILES string of the molecule is CCOC(=O)[C@@H]1C=C2c3ccccc3OS(=O)(=O)N2[C@H]1c1ccc(C)cc1. The van der Waals surface area contributed by atoms with Gasteiger partial charge >= 0.3 is 16.3 Å². The molecule has 2 aliphatic heterocycles. The van der Waals surface area contributed by atoms with Crippen LogP contribution in [0.2, 0.25) is 0 Å². The number of ether oxygens (including phenoxy) is 1. The second-order valence-corrected chi connectivity index (χ2v) is 7.93. The van der Waals surface area contributed by atoms with Gasteiger partial charge in [0.1, 0.15) is 5.92 Å².